The van der Waals surface area contributed by atoms with Gasteiger partial charge in [0, 0.05) is 30.7 Å². The molecular weight excluding hydrogens is 240 g/mol. The van der Waals surface area contributed by atoms with E-state index in [2.05, 4.69) is 14.9 Å². The number of nitrogens with zero attached hydrogens (tertiary/aromatic N) is 2. The van der Waals surface area contributed by atoms with Crippen LogP contribution in [0, 0.1) is 0 Å². The summed E-state index contributed by atoms with van der Waals surface area (Å²) in [6.07, 6.45) is 5.39. The first kappa shape index (κ1) is 11.8. The molecule has 0 bridgehead atoms. The number of H-pyrrole nitrogens is 1. The third-order valence-corrected chi connectivity index (χ3v) is 3.25. The summed E-state index contributed by atoms with van der Waals surface area (Å²) in [6, 6.07) is 8.16. The first-order valence-electron chi connectivity index (χ1n) is 6.39. The molecule has 1 aromatic heterocycles. The van der Waals surface area contributed by atoms with E-state index in [4.69, 9.17) is 5.73 Å². The van der Waals surface area contributed by atoms with Gasteiger partial charge >= 0.3 is 0 Å². The van der Waals surface area contributed by atoms with E-state index in [0.29, 0.717) is 18.4 Å². The van der Waals surface area contributed by atoms with E-state index < -0.39 is 0 Å². The van der Waals surface area contributed by atoms with Crippen molar-refractivity contribution in [3.05, 3.63) is 52.6 Å². The molecule has 2 aromatic rings. The Balaban J connectivity index is 1.90. The molecule has 0 spiro atoms. The molecule has 3 rings (SSSR count). The number of aromatic amines is 1. The monoisotopic (exact) mass is 256 g/mol. The Hall–Kier alpha value is -2.30. The Morgan fingerprint density at radius 2 is 2.26 bits per heavy atom. The summed E-state index contributed by atoms with van der Waals surface area (Å²) in [5, 5.41) is 0. The van der Waals surface area contributed by atoms with Gasteiger partial charge in [0.05, 0.1) is 0 Å². The highest BCUT2D eigenvalue weighted by Gasteiger charge is 2.31. The fourth-order valence-electron chi connectivity index (χ4n) is 2.20. The van der Waals surface area contributed by atoms with Crippen molar-refractivity contribution in [2.75, 3.05) is 10.6 Å². The molecule has 1 saturated carbocycles. The van der Waals surface area contributed by atoms with Gasteiger partial charge in [-0.05, 0) is 30.5 Å². The second-order valence-corrected chi connectivity index (χ2v) is 4.85. The molecule has 1 fully saturated rings. The highest BCUT2D eigenvalue weighted by Crippen LogP contribution is 2.30. The minimum atomic E-state index is -0.140. The van der Waals surface area contributed by atoms with Crippen LogP contribution in [-0.2, 0) is 6.54 Å². The largest absolute Gasteiger partial charge is 0.399 e. The first-order valence-corrected chi connectivity index (χ1v) is 6.39. The highest BCUT2D eigenvalue weighted by atomic mass is 16.1. The normalized spacial score (nSPS) is 14.3. The van der Waals surface area contributed by atoms with Crippen molar-refractivity contribution >= 4 is 11.5 Å². The van der Waals surface area contributed by atoms with E-state index in [1.807, 2.05) is 24.3 Å². The maximum Gasteiger partial charge on any atom is 0.290 e. The van der Waals surface area contributed by atoms with Crippen LogP contribution in [0.4, 0.5) is 11.5 Å². The molecule has 0 unspecified atom stereocenters. The minimum absolute atomic E-state index is 0.140. The average Bonchev–Trinajstić information content (AvgIpc) is 3.21. The number of anilines is 2. The van der Waals surface area contributed by atoms with Crippen molar-refractivity contribution in [3.8, 4) is 0 Å². The average molecular weight is 256 g/mol. The third-order valence-electron chi connectivity index (χ3n) is 3.25. The number of rotatable bonds is 4. The van der Waals surface area contributed by atoms with Crippen LogP contribution in [-0.4, -0.2) is 16.0 Å². The lowest BCUT2D eigenvalue weighted by Crippen LogP contribution is -2.31. The number of benzene rings is 1. The van der Waals surface area contributed by atoms with E-state index in [1.54, 1.807) is 12.4 Å². The minimum Gasteiger partial charge on any atom is -0.399 e. The zero-order valence-corrected chi connectivity index (χ0v) is 10.5. The van der Waals surface area contributed by atoms with Crippen molar-refractivity contribution in [2.24, 2.45) is 0 Å². The van der Waals surface area contributed by atoms with Gasteiger partial charge in [-0.3, -0.25) is 4.79 Å². The molecule has 0 radical (unpaired) electrons. The Labute approximate surface area is 111 Å². The molecule has 98 valence electrons. The topological polar surface area (TPSA) is 75.0 Å². The van der Waals surface area contributed by atoms with Gasteiger partial charge in [-0.25, -0.2) is 4.98 Å². The molecule has 1 aliphatic rings. The summed E-state index contributed by atoms with van der Waals surface area (Å²) in [5.74, 6) is 0.493. The Morgan fingerprint density at radius 3 is 2.95 bits per heavy atom. The SMILES string of the molecule is Nc1cccc(CN(c2ncc[nH]c2=O)C2CC2)c1. The first-order chi connectivity index (χ1) is 9.24. The van der Waals surface area contributed by atoms with E-state index in [-0.39, 0.29) is 5.56 Å². The van der Waals surface area contributed by atoms with Gasteiger partial charge in [0.25, 0.3) is 5.56 Å². The van der Waals surface area contributed by atoms with Gasteiger partial charge in [-0.1, -0.05) is 12.1 Å². The number of nitrogens with two attached hydrogens (primary N) is 1. The molecule has 0 saturated heterocycles. The van der Waals surface area contributed by atoms with E-state index in [0.717, 1.165) is 24.1 Å². The molecule has 3 N–H and O–H groups in total. The summed E-state index contributed by atoms with van der Waals surface area (Å²) in [4.78, 5) is 20.8. The lowest BCUT2D eigenvalue weighted by atomic mass is 10.2. The van der Waals surface area contributed by atoms with Crippen LogP contribution < -0.4 is 16.2 Å². The van der Waals surface area contributed by atoms with Crippen LogP contribution in [0.3, 0.4) is 0 Å². The number of nitrogen functional groups attached to an aromatic ring is 1. The second-order valence-electron chi connectivity index (χ2n) is 4.85. The number of hydrogen-bond acceptors (Lipinski definition) is 4. The Bertz CT molecular complexity index is 633. The van der Waals surface area contributed by atoms with Crippen LogP contribution in [0.2, 0.25) is 0 Å². The fourth-order valence-corrected chi connectivity index (χ4v) is 2.20. The number of nitrogens with one attached hydrogen (secondary N) is 1. The summed E-state index contributed by atoms with van der Waals surface area (Å²) in [5.41, 5.74) is 7.49. The van der Waals surface area contributed by atoms with Gasteiger partial charge in [0.2, 0.25) is 0 Å². The molecule has 0 atom stereocenters. The Kier molecular flexibility index (Phi) is 2.95. The second kappa shape index (κ2) is 4.76. The van der Waals surface area contributed by atoms with E-state index in [1.165, 1.54) is 0 Å². The van der Waals surface area contributed by atoms with Gasteiger partial charge in [-0.15, -0.1) is 0 Å². The highest BCUT2D eigenvalue weighted by molar-refractivity contribution is 5.45. The smallest absolute Gasteiger partial charge is 0.290 e. The molecule has 0 aliphatic heterocycles. The number of hydrogen-bond donors (Lipinski definition) is 2. The van der Waals surface area contributed by atoms with E-state index >= 15 is 0 Å². The molecule has 0 amide bonds. The van der Waals surface area contributed by atoms with Crippen molar-refractivity contribution in [2.45, 2.75) is 25.4 Å². The summed E-state index contributed by atoms with van der Waals surface area (Å²) >= 11 is 0. The molecule has 1 aromatic carbocycles. The van der Waals surface area contributed by atoms with Crippen LogP contribution in [0.15, 0.2) is 41.5 Å². The van der Waals surface area contributed by atoms with Gasteiger partial charge in [-0.2, -0.15) is 0 Å². The molecule has 1 heterocycles. The molecule has 5 heteroatoms. The summed E-state index contributed by atoms with van der Waals surface area (Å²) in [6.45, 7) is 0.662. The van der Waals surface area contributed by atoms with Crippen LogP contribution in [0.25, 0.3) is 0 Å². The summed E-state index contributed by atoms with van der Waals surface area (Å²) in [7, 11) is 0. The molecule has 19 heavy (non-hydrogen) atoms. The lowest BCUT2D eigenvalue weighted by molar-refractivity contribution is 0.768. The predicted molar refractivity (Wildman–Crippen MR) is 74.9 cm³/mol. The van der Waals surface area contributed by atoms with Crippen molar-refractivity contribution in [3.63, 3.8) is 0 Å². The van der Waals surface area contributed by atoms with Gasteiger partial charge < -0.3 is 15.6 Å². The van der Waals surface area contributed by atoms with Gasteiger partial charge in [0.1, 0.15) is 0 Å². The van der Waals surface area contributed by atoms with Crippen molar-refractivity contribution in [1.29, 1.82) is 0 Å². The fraction of sp³-hybridized carbons (Fsp3) is 0.286. The number of aromatic nitrogens is 2. The maximum atomic E-state index is 11.9. The van der Waals surface area contributed by atoms with Crippen LogP contribution in [0.1, 0.15) is 18.4 Å². The van der Waals surface area contributed by atoms with Crippen LogP contribution >= 0.6 is 0 Å². The van der Waals surface area contributed by atoms with Crippen molar-refractivity contribution in [1.82, 2.24) is 9.97 Å². The molecular formula is C14H16N4O. The zero-order valence-electron chi connectivity index (χ0n) is 10.5. The molecule has 5 nitrogen and oxygen atoms in total. The van der Waals surface area contributed by atoms with Gasteiger partial charge in [0.15, 0.2) is 5.82 Å². The standard InChI is InChI=1S/C14H16N4O/c15-11-3-1-2-10(8-11)9-18(12-4-5-12)13-14(19)17-7-6-16-13/h1-3,6-8,12H,4-5,9,15H2,(H,17,19). The maximum absolute atomic E-state index is 11.9. The van der Waals surface area contributed by atoms with Crippen LogP contribution in [0.5, 0.6) is 0 Å². The quantitative estimate of drug-likeness (QED) is 0.813. The van der Waals surface area contributed by atoms with E-state index in [9.17, 15) is 4.79 Å². The molecule has 1 aliphatic carbocycles. The van der Waals surface area contributed by atoms with Crippen molar-refractivity contribution < 1.29 is 0 Å². The predicted octanol–water partition coefficient (Wildman–Crippen LogP) is 1.52. The zero-order chi connectivity index (χ0) is 13.2. The lowest BCUT2D eigenvalue weighted by Gasteiger charge is -2.22. The third kappa shape index (κ3) is 2.59. The summed E-state index contributed by atoms with van der Waals surface area (Å²) < 4.78 is 0. The Morgan fingerprint density at radius 1 is 1.42 bits per heavy atom.